The van der Waals surface area contributed by atoms with Crippen molar-refractivity contribution in [2.45, 2.75) is 18.9 Å². The SMILES string of the molecule is CN(CCC#N)C(=O)C1CC(C(=O)O)=NO1. The van der Waals surface area contributed by atoms with Gasteiger partial charge in [0.15, 0.2) is 5.71 Å². The topological polar surface area (TPSA) is 103 Å². The molecule has 1 atom stereocenters. The molecular formula is C9H11N3O4. The number of likely N-dealkylation sites (N-methyl/N-ethyl adjacent to an activating group) is 1. The monoisotopic (exact) mass is 225 g/mol. The summed E-state index contributed by atoms with van der Waals surface area (Å²) in [7, 11) is 1.53. The molecular weight excluding hydrogens is 214 g/mol. The molecule has 16 heavy (non-hydrogen) atoms. The number of nitrogens with zero attached hydrogens (tertiary/aromatic N) is 3. The van der Waals surface area contributed by atoms with Crippen molar-refractivity contribution in [3.63, 3.8) is 0 Å². The third kappa shape index (κ3) is 2.70. The number of hydrogen-bond donors (Lipinski definition) is 1. The molecule has 0 saturated heterocycles. The van der Waals surface area contributed by atoms with Crippen LogP contribution in [0.5, 0.6) is 0 Å². The number of rotatable bonds is 4. The Morgan fingerprint density at radius 2 is 2.44 bits per heavy atom. The summed E-state index contributed by atoms with van der Waals surface area (Å²) in [5.41, 5.74) is -0.160. The fraction of sp³-hybridized carbons (Fsp3) is 0.556. The van der Waals surface area contributed by atoms with E-state index < -0.39 is 12.1 Å². The molecule has 0 aromatic carbocycles. The van der Waals surface area contributed by atoms with Crippen LogP contribution in [0.1, 0.15) is 12.8 Å². The van der Waals surface area contributed by atoms with E-state index in [9.17, 15) is 9.59 Å². The largest absolute Gasteiger partial charge is 0.477 e. The molecule has 0 spiro atoms. The van der Waals surface area contributed by atoms with Gasteiger partial charge in [0.05, 0.1) is 12.5 Å². The smallest absolute Gasteiger partial charge is 0.353 e. The molecule has 0 fully saturated rings. The highest BCUT2D eigenvalue weighted by molar-refractivity contribution is 6.36. The van der Waals surface area contributed by atoms with Crippen LogP contribution in [0.15, 0.2) is 5.16 Å². The van der Waals surface area contributed by atoms with Gasteiger partial charge in [0.1, 0.15) is 0 Å². The zero-order chi connectivity index (χ0) is 12.1. The van der Waals surface area contributed by atoms with Crippen molar-refractivity contribution in [2.24, 2.45) is 5.16 Å². The molecule has 7 heteroatoms. The van der Waals surface area contributed by atoms with E-state index in [0.29, 0.717) is 0 Å². The van der Waals surface area contributed by atoms with Crippen molar-refractivity contribution in [1.82, 2.24) is 4.90 Å². The van der Waals surface area contributed by atoms with Crippen LogP contribution in [-0.2, 0) is 14.4 Å². The second kappa shape index (κ2) is 5.11. The first-order chi connectivity index (χ1) is 7.56. The number of hydrogen-bond acceptors (Lipinski definition) is 5. The van der Waals surface area contributed by atoms with Gasteiger partial charge < -0.3 is 14.8 Å². The summed E-state index contributed by atoms with van der Waals surface area (Å²) in [6.45, 7) is 0.289. The Hall–Kier alpha value is -2.10. The van der Waals surface area contributed by atoms with Crippen LogP contribution in [0.2, 0.25) is 0 Å². The molecule has 1 N–H and O–H groups in total. The van der Waals surface area contributed by atoms with Crippen molar-refractivity contribution in [2.75, 3.05) is 13.6 Å². The Morgan fingerprint density at radius 1 is 1.75 bits per heavy atom. The van der Waals surface area contributed by atoms with Crippen molar-refractivity contribution in [1.29, 1.82) is 5.26 Å². The Morgan fingerprint density at radius 3 is 2.94 bits per heavy atom. The van der Waals surface area contributed by atoms with Gasteiger partial charge in [-0.1, -0.05) is 5.16 Å². The lowest BCUT2D eigenvalue weighted by Gasteiger charge is -2.18. The predicted octanol–water partition coefficient (Wildman–Crippen LogP) is -0.412. The maximum Gasteiger partial charge on any atom is 0.353 e. The minimum absolute atomic E-state index is 0.0366. The minimum Gasteiger partial charge on any atom is -0.477 e. The average Bonchev–Trinajstić information content (AvgIpc) is 2.74. The van der Waals surface area contributed by atoms with Gasteiger partial charge in [0.2, 0.25) is 6.10 Å². The fourth-order valence-corrected chi connectivity index (χ4v) is 1.21. The summed E-state index contributed by atoms with van der Waals surface area (Å²) in [4.78, 5) is 28.2. The summed E-state index contributed by atoms with van der Waals surface area (Å²) in [6, 6.07) is 1.91. The highest BCUT2D eigenvalue weighted by Crippen LogP contribution is 2.13. The number of nitriles is 1. The second-order valence-corrected chi connectivity index (χ2v) is 3.31. The third-order valence-corrected chi connectivity index (χ3v) is 2.13. The molecule has 1 heterocycles. The molecule has 0 saturated carbocycles. The van der Waals surface area contributed by atoms with Gasteiger partial charge in [-0.25, -0.2) is 4.79 Å². The molecule has 0 radical (unpaired) electrons. The Bertz CT molecular complexity index is 371. The van der Waals surface area contributed by atoms with Crippen molar-refractivity contribution >= 4 is 17.6 Å². The number of carboxylic acid groups (broad SMARTS) is 1. The van der Waals surface area contributed by atoms with Crippen molar-refractivity contribution < 1.29 is 19.5 Å². The van der Waals surface area contributed by atoms with E-state index in [4.69, 9.17) is 15.2 Å². The first-order valence-corrected chi connectivity index (χ1v) is 4.64. The first kappa shape index (κ1) is 12.0. The Balaban J connectivity index is 2.47. The molecule has 86 valence electrons. The zero-order valence-electron chi connectivity index (χ0n) is 8.71. The average molecular weight is 225 g/mol. The van der Waals surface area contributed by atoms with Gasteiger partial charge in [0.25, 0.3) is 5.91 Å². The van der Waals surface area contributed by atoms with Gasteiger partial charge in [-0.05, 0) is 0 Å². The number of carbonyl (C=O) groups excluding carboxylic acids is 1. The van der Waals surface area contributed by atoms with E-state index in [1.54, 1.807) is 0 Å². The second-order valence-electron chi connectivity index (χ2n) is 3.31. The quantitative estimate of drug-likeness (QED) is 0.700. The number of carboxylic acids is 1. The van der Waals surface area contributed by atoms with Crippen LogP contribution in [0.4, 0.5) is 0 Å². The molecule has 1 aliphatic heterocycles. The van der Waals surface area contributed by atoms with Gasteiger partial charge in [0, 0.05) is 20.0 Å². The molecule has 0 aliphatic carbocycles. The van der Waals surface area contributed by atoms with Crippen molar-refractivity contribution in [3.8, 4) is 6.07 Å². The lowest BCUT2D eigenvalue weighted by molar-refractivity contribution is -0.140. The third-order valence-electron chi connectivity index (χ3n) is 2.13. The maximum atomic E-state index is 11.6. The van der Waals surface area contributed by atoms with E-state index in [1.807, 2.05) is 6.07 Å². The number of amides is 1. The molecule has 1 aliphatic rings. The molecule has 0 bridgehead atoms. The number of aliphatic carboxylic acids is 1. The van der Waals surface area contributed by atoms with E-state index in [1.165, 1.54) is 11.9 Å². The molecule has 7 nitrogen and oxygen atoms in total. The van der Waals surface area contributed by atoms with Crippen LogP contribution in [0, 0.1) is 11.3 Å². The van der Waals surface area contributed by atoms with Gasteiger partial charge >= 0.3 is 5.97 Å². The van der Waals surface area contributed by atoms with E-state index in [2.05, 4.69) is 5.16 Å². The Kier molecular flexibility index (Phi) is 3.83. The highest BCUT2D eigenvalue weighted by Gasteiger charge is 2.33. The lowest BCUT2D eigenvalue weighted by Crippen LogP contribution is -2.37. The first-order valence-electron chi connectivity index (χ1n) is 4.64. The van der Waals surface area contributed by atoms with Gasteiger partial charge in [-0.2, -0.15) is 5.26 Å². The molecule has 1 rings (SSSR count). The fourth-order valence-electron chi connectivity index (χ4n) is 1.21. The predicted molar refractivity (Wildman–Crippen MR) is 52.4 cm³/mol. The van der Waals surface area contributed by atoms with E-state index in [-0.39, 0.29) is 31.0 Å². The van der Waals surface area contributed by atoms with Crippen LogP contribution in [0.3, 0.4) is 0 Å². The van der Waals surface area contributed by atoms with Crippen LogP contribution >= 0.6 is 0 Å². The summed E-state index contributed by atoms with van der Waals surface area (Å²) < 4.78 is 0. The van der Waals surface area contributed by atoms with Crippen LogP contribution in [0.25, 0.3) is 0 Å². The standard InChI is InChI=1S/C9H11N3O4/c1-12(4-2-3-10)8(13)7-5-6(9(14)15)11-16-7/h7H,2,4-5H2,1H3,(H,14,15). The van der Waals surface area contributed by atoms with E-state index in [0.717, 1.165) is 0 Å². The maximum absolute atomic E-state index is 11.6. The molecule has 0 aromatic heterocycles. The summed E-state index contributed by atoms with van der Waals surface area (Å²) in [5.74, 6) is -1.55. The van der Waals surface area contributed by atoms with Crippen LogP contribution in [-0.4, -0.2) is 47.3 Å². The number of oxime groups is 1. The molecule has 1 amide bonds. The van der Waals surface area contributed by atoms with Gasteiger partial charge in [-0.15, -0.1) is 0 Å². The minimum atomic E-state index is -1.19. The van der Waals surface area contributed by atoms with Crippen molar-refractivity contribution in [3.05, 3.63) is 0 Å². The van der Waals surface area contributed by atoms with Crippen LogP contribution < -0.4 is 0 Å². The summed E-state index contributed by atoms with van der Waals surface area (Å²) >= 11 is 0. The lowest BCUT2D eigenvalue weighted by atomic mass is 10.1. The van der Waals surface area contributed by atoms with Gasteiger partial charge in [-0.3, -0.25) is 4.79 Å². The summed E-state index contributed by atoms with van der Waals surface area (Å²) in [5, 5.41) is 20.3. The zero-order valence-corrected chi connectivity index (χ0v) is 8.71. The molecule has 0 aromatic rings. The normalized spacial score (nSPS) is 18.2. The molecule has 1 unspecified atom stereocenters. The number of carbonyl (C=O) groups is 2. The summed E-state index contributed by atoms with van der Waals surface area (Å²) in [6.07, 6.45) is -0.693. The van der Waals surface area contributed by atoms with E-state index >= 15 is 0 Å². The highest BCUT2D eigenvalue weighted by atomic mass is 16.6. The Labute approximate surface area is 91.9 Å².